The number of hydrazone groups is 1. The van der Waals surface area contributed by atoms with Crippen LogP contribution in [0, 0.1) is 0 Å². The van der Waals surface area contributed by atoms with Crippen molar-refractivity contribution in [2.45, 2.75) is 6.92 Å². The number of hydrogen-bond donors (Lipinski definition) is 2. The number of benzene rings is 1. The fourth-order valence-corrected chi connectivity index (χ4v) is 0.818. The highest BCUT2D eigenvalue weighted by atomic mass is 16.5. The average Bonchev–Trinajstić information content (AvgIpc) is 2.15. The normalized spacial score (nSPS) is 11.1. The summed E-state index contributed by atoms with van der Waals surface area (Å²) in [5.41, 5.74) is 9.04. The van der Waals surface area contributed by atoms with Crippen LogP contribution in [0.3, 0.4) is 0 Å². The Bertz CT molecular complexity index is 288. The number of rotatable bonds is 3. The molecule has 0 saturated heterocycles. The van der Waals surface area contributed by atoms with Crippen molar-refractivity contribution >= 4 is 11.5 Å². The maximum Gasteiger partial charge on any atom is 0.119 e. The molecule has 0 fully saturated rings. The zero-order valence-electron chi connectivity index (χ0n) is 7.74. The van der Waals surface area contributed by atoms with Gasteiger partial charge in [0.2, 0.25) is 0 Å². The quantitative estimate of drug-likeness (QED) is 0.419. The van der Waals surface area contributed by atoms with E-state index in [1.165, 1.54) is 0 Å². The number of nitrogens with zero attached hydrogens (tertiary/aromatic N) is 1. The van der Waals surface area contributed by atoms with Crippen molar-refractivity contribution in [3.05, 3.63) is 24.3 Å². The second-order valence-electron chi connectivity index (χ2n) is 2.59. The zero-order chi connectivity index (χ0) is 9.68. The highest BCUT2D eigenvalue weighted by Gasteiger charge is 1.91. The first-order valence-electron chi connectivity index (χ1n) is 3.92. The number of hydrogen-bond acceptors (Lipinski definition) is 3. The summed E-state index contributed by atoms with van der Waals surface area (Å²) in [5.74, 6) is 1.31. The summed E-state index contributed by atoms with van der Waals surface area (Å²) in [7, 11) is 1.63. The van der Waals surface area contributed by atoms with Gasteiger partial charge in [0.15, 0.2) is 0 Å². The van der Waals surface area contributed by atoms with Crippen LogP contribution < -0.4 is 15.9 Å². The minimum atomic E-state index is 0.496. The molecule has 0 aliphatic heterocycles. The van der Waals surface area contributed by atoms with Crippen molar-refractivity contribution in [3.8, 4) is 5.75 Å². The Hall–Kier alpha value is -1.71. The smallest absolute Gasteiger partial charge is 0.119 e. The van der Waals surface area contributed by atoms with E-state index >= 15 is 0 Å². The first-order chi connectivity index (χ1) is 6.22. The van der Waals surface area contributed by atoms with Gasteiger partial charge in [-0.25, -0.2) is 0 Å². The van der Waals surface area contributed by atoms with Gasteiger partial charge in [-0.3, -0.25) is 5.43 Å². The minimum Gasteiger partial charge on any atom is -0.497 e. The van der Waals surface area contributed by atoms with Crippen molar-refractivity contribution in [3.63, 3.8) is 0 Å². The summed E-state index contributed by atoms with van der Waals surface area (Å²) in [4.78, 5) is 0. The molecular weight excluding hydrogens is 166 g/mol. The number of methoxy groups -OCH3 is 1. The number of nitrogens with one attached hydrogen (secondary N) is 1. The molecule has 0 aliphatic carbocycles. The summed E-state index contributed by atoms with van der Waals surface area (Å²) in [6, 6.07) is 7.43. The lowest BCUT2D eigenvalue weighted by molar-refractivity contribution is 0.415. The largest absolute Gasteiger partial charge is 0.497 e. The van der Waals surface area contributed by atoms with Gasteiger partial charge in [-0.05, 0) is 31.2 Å². The molecule has 4 nitrogen and oxygen atoms in total. The Morgan fingerprint density at radius 1 is 1.38 bits per heavy atom. The zero-order valence-corrected chi connectivity index (χ0v) is 7.74. The lowest BCUT2D eigenvalue weighted by atomic mass is 10.3. The molecule has 0 spiro atoms. The van der Waals surface area contributed by atoms with Crippen molar-refractivity contribution in [2.24, 2.45) is 10.8 Å². The van der Waals surface area contributed by atoms with Gasteiger partial charge >= 0.3 is 0 Å². The van der Waals surface area contributed by atoms with Crippen LogP contribution in [0.4, 0.5) is 5.69 Å². The lowest BCUT2D eigenvalue weighted by Crippen LogP contribution is -2.07. The van der Waals surface area contributed by atoms with Crippen molar-refractivity contribution in [1.29, 1.82) is 0 Å². The molecule has 0 bridgehead atoms. The summed E-state index contributed by atoms with van der Waals surface area (Å²) >= 11 is 0. The van der Waals surface area contributed by atoms with E-state index in [0.717, 1.165) is 11.4 Å². The van der Waals surface area contributed by atoms with Crippen LogP contribution in [-0.2, 0) is 0 Å². The molecule has 13 heavy (non-hydrogen) atoms. The first kappa shape index (κ1) is 9.38. The van der Waals surface area contributed by atoms with Gasteiger partial charge in [-0.15, -0.1) is 0 Å². The van der Waals surface area contributed by atoms with Gasteiger partial charge in [0.25, 0.3) is 0 Å². The highest BCUT2D eigenvalue weighted by Crippen LogP contribution is 2.14. The Morgan fingerprint density at radius 3 is 2.46 bits per heavy atom. The third-order valence-electron chi connectivity index (χ3n) is 1.45. The summed E-state index contributed by atoms with van der Waals surface area (Å²) in [6.45, 7) is 1.72. The third-order valence-corrected chi connectivity index (χ3v) is 1.45. The van der Waals surface area contributed by atoms with Gasteiger partial charge in [-0.1, -0.05) is 0 Å². The standard InChI is InChI=1S/C9H13N3O/c1-7(10)11-12-8-3-5-9(13-2)6-4-8/h3-6,12H,1-2H3,(H2,10,11). The van der Waals surface area contributed by atoms with Crippen LogP contribution in [0.1, 0.15) is 6.92 Å². The molecule has 0 saturated carbocycles. The summed E-state index contributed by atoms with van der Waals surface area (Å²) in [6.07, 6.45) is 0. The molecule has 1 aromatic rings. The van der Waals surface area contributed by atoms with Crippen molar-refractivity contribution in [1.82, 2.24) is 0 Å². The number of ether oxygens (including phenoxy) is 1. The highest BCUT2D eigenvalue weighted by molar-refractivity contribution is 5.78. The van der Waals surface area contributed by atoms with Crippen LogP contribution in [-0.4, -0.2) is 12.9 Å². The Morgan fingerprint density at radius 2 is 2.00 bits per heavy atom. The molecule has 1 aromatic carbocycles. The van der Waals surface area contributed by atoms with Crippen LogP contribution in [0.5, 0.6) is 5.75 Å². The fraction of sp³-hybridized carbons (Fsp3) is 0.222. The third kappa shape index (κ3) is 3.02. The summed E-state index contributed by atoms with van der Waals surface area (Å²) < 4.78 is 5.01. The van der Waals surface area contributed by atoms with E-state index in [1.807, 2.05) is 24.3 Å². The molecule has 0 heterocycles. The predicted octanol–water partition coefficient (Wildman–Crippen LogP) is 1.40. The SMILES string of the molecule is COc1ccc(N/N=C(/C)N)cc1. The van der Waals surface area contributed by atoms with Gasteiger partial charge in [0.05, 0.1) is 12.8 Å². The Kier molecular flexibility index (Phi) is 3.14. The fourth-order valence-electron chi connectivity index (χ4n) is 0.818. The van der Waals surface area contributed by atoms with Gasteiger partial charge in [0, 0.05) is 0 Å². The minimum absolute atomic E-state index is 0.496. The van der Waals surface area contributed by atoms with Crippen LogP contribution >= 0.6 is 0 Å². The van der Waals surface area contributed by atoms with Crippen molar-refractivity contribution in [2.75, 3.05) is 12.5 Å². The van der Waals surface area contributed by atoms with Gasteiger partial charge in [0.1, 0.15) is 11.6 Å². The molecule has 0 radical (unpaired) electrons. The molecule has 0 amide bonds. The molecule has 70 valence electrons. The molecule has 1 rings (SSSR count). The summed E-state index contributed by atoms with van der Waals surface area (Å²) in [5, 5.41) is 3.85. The molecule has 0 unspecified atom stereocenters. The van der Waals surface area contributed by atoms with E-state index in [4.69, 9.17) is 10.5 Å². The van der Waals surface area contributed by atoms with Gasteiger partial charge in [-0.2, -0.15) is 5.10 Å². The van der Waals surface area contributed by atoms with E-state index in [-0.39, 0.29) is 0 Å². The molecule has 0 atom stereocenters. The number of nitrogens with two attached hydrogens (primary N) is 1. The van der Waals surface area contributed by atoms with Crippen LogP contribution in [0.15, 0.2) is 29.4 Å². The Labute approximate surface area is 77.4 Å². The molecule has 0 aliphatic rings. The van der Waals surface area contributed by atoms with E-state index < -0.39 is 0 Å². The topological polar surface area (TPSA) is 59.6 Å². The van der Waals surface area contributed by atoms with Crippen LogP contribution in [0.2, 0.25) is 0 Å². The first-order valence-corrected chi connectivity index (χ1v) is 3.92. The second-order valence-corrected chi connectivity index (χ2v) is 2.59. The molecule has 4 heteroatoms. The van der Waals surface area contributed by atoms with E-state index in [1.54, 1.807) is 14.0 Å². The molecule has 3 N–H and O–H groups in total. The van der Waals surface area contributed by atoms with Gasteiger partial charge < -0.3 is 10.5 Å². The number of amidine groups is 1. The number of anilines is 1. The maximum atomic E-state index is 5.36. The maximum absolute atomic E-state index is 5.36. The van der Waals surface area contributed by atoms with E-state index in [2.05, 4.69) is 10.5 Å². The predicted molar refractivity (Wildman–Crippen MR) is 53.9 cm³/mol. The molecule has 0 aromatic heterocycles. The second kappa shape index (κ2) is 4.35. The van der Waals surface area contributed by atoms with Crippen LogP contribution in [0.25, 0.3) is 0 Å². The van der Waals surface area contributed by atoms with Crippen molar-refractivity contribution < 1.29 is 4.74 Å². The van der Waals surface area contributed by atoms with E-state index in [0.29, 0.717) is 5.84 Å². The Balaban J connectivity index is 2.64. The monoisotopic (exact) mass is 179 g/mol. The molecular formula is C9H13N3O. The van der Waals surface area contributed by atoms with E-state index in [9.17, 15) is 0 Å². The average molecular weight is 179 g/mol. The lowest BCUT2D eigenvalue weighted by Gasteiger charge is -2.02.